The molecular weight excluding hydrogens is 244 g/mol. The van der Waals surface area contributed by atoms with Crippen LogP contribution >= 0.6 is 0 Å². The molecule has 0 fully saturated rings. The highest BCUT2D eigenvalue weighted by Crippen LogP contribution is 2.04. The normalized spacial score (nSPS) is 10.2. The first-order valence-corrected chi connectivity index (χ1v) is 6.40. The smallest absolute Gasteiger partial charge is 0.293 e. The van der Waals surface area contributed by atoms with Gasteiger partial charge in [-0.25, -0.2) is 4.98 Å². The Labute approximate surface area is 113 Å². The van der Waals surface area contributed by atoms with Crippen molar-refractivity contribution in [1.82, 2.24) is 9.55 Å². The maximum Gasteiger partial charge on any atom is 0.293 e. The summed E-state index contributed by atoms with van der Waals surface area (Å²) in [5.41, 5.74) is -0.113. The van der Waals surface area contributed by atoms with Gasteiger partial charge in [-0.05, 0) is 6.42 Å². The second-order valence-electron chi connectivity index (χ2n) is 4.14. The fourth-order valence-electron chi connectivity index (χ4n) is 1.78. The molecule has 104 valence electrons. The monoisotopic (exact) mass is 264 g/mol. The van der Waals surface area contributed by atoms with E-state index >= 15 is 0 Å². The third-order valence-corrected chi connectivity index (χ3v) is 2.72. The van der Waals surface area contributed by atoms with Crippen molar-refractivity contribution in [2.75, 3.05) is 31.7 Å². The van der Waals surface area contributed by atoms with E-state index in [0.29, 0.717) is 38.5 Å². The zero-order valence-electron chi connectivity index (χ0n) is 11.5. The minimum atomic E-state index is -0.113. The zero-order chi connectivity index (χ0) is 14.1. The lowest BCUT2D eigenvalue weighted by Crippen LogP contribution is -2.36. The van der Waals surface area contributed by atoms with E-state index < -0.39 is 0 Å². The van der Waals surface area contributed by atoms with Crippen LogP contribution in [0.1, 0.15) is 19.8 Å². The summed E-state index contributed by atoms with van der Waals surface area (Å²) in [5, 5.41) is 8.68. The van der Waals surface area contributed by atoms with E-state index in [1.807, 2.05) is 6.92 Å². The van der Waals surface area contributed by atoms with Crippen LogP contribution < -0.4 is 10.5 Å². The lowest BCUT2D eigenvalue weighted by molar-refractivity contribution is 0.205. The van der Waals surface area contributed by atoms with Gasteiger partial charge in [-0.2, -0.15) is 5.26 Å². The van der Waals surface area contributed by atoms with Crippen LogP contribution in [-0.4, -0.2) is 36.4 Å². The number of nitrogens with zero attached hydrogens (tertiary/aromatic N) is 4. The van der Waals surface area contributed by atoms with Crippen LogP contribution in [0.3, 0.4) is 0 Å². The summed E-state index contributed by atoms with van der Waals surface area (Å²) in [5.74, 6) is 0.392. The van der Waals surface area contributed by atoms with Gasteiger partial charge in [0.25, 0.3) is 5.56 Å². The summed E-state index contributed by atoms with van der Waals surface area (Å²) in [7, 11) is 1.61. The van der Waals surface area contributed by atoms with E-state index in [2.05, 4.69) is 11.1 Å². The van der Waals surface area contributed by atoms with E-state index in [0.717, 1.165) is 6.42 Å². The van der Waals surface area contributed by atoms with E-state index in [1.54, 1.807) is 29.0 Å². The predicted octanol–water partition coefficient (Wildman–Crippen LogP) is 1.02. The highest BCUT2D eigenvalue weighted by molar-refractivity contribution is 5.35. The Bertz CT molecular complexity index is 478. The predicted molar refractivity (Wildman–Crippen MR) is 73.1 cm³/mol. The van der Waals surface area contributed by atoms with Crippen LogP contribution in [0.25, 0.3) is 0 Å². The molecule has 0 amide bonds. The number of nitriles is 1. The average Bonchev–Trinajstić information content (AvgIpc) is 2.42. The Morgan fingerprint density at radius 3 is 2.95 bits per heavy atom. The Morgan fingerprint density at radius 1 is 1.53 bits per heavy atom. The van der Waals surface area contributed by atoms with Crippen LogP contribution in [0.5, 0.6) is 0 Å². The molecule has 0 bridgehead atoms. The lowest BCUT2D eigenvalue weighted by atomic mass is 10.3. The Hall–Kier alpha value is -1.87. The second kappa shape index (κ2) is 8.27. The second-order valence-corrected chi connectivity index (χ2v) is 4.14. The molecule has 1 aromatic rings. The molecule has 0 atom stereocenters. The van der Waals surface area contributed by atoms with Crippen LogP contribution in [-0.2, 0) is 11.3 Å². The molecule has 1 heterocycles. The lowest BCUT2D eigenvalue weighted by Gasteiger charge is -2.22. The van der Waals surface area contributed by atoms with Crippen molar-refractivity contribution >= 4 is 5.82 Å². The summed E-state index contributed by atoms with van der Waals surface area (Å²) in [4.78, 5) is 18.2. The fraction of sp³-hybridized carbons (Fsp3) is 0.615. The van der Waals surface area contributed by atoms with Gasteiger partial charge in [-0.15, -0.1) is 0 Å². The van der Waals surface area contributed by atoms with Crippen LogP contribution in [0.4, 0.5) is 5.82 Å². The van der Waals surface area contributed by atoms with Crippen LogP contribution in [0, 0.1) is 11.3 Å². The molecule has 0 unspecified atom stereocenters. The highest BCUT2D eigenvalue weighted by atomic mass is 16.5. The van der Waals surface area contributed by atoms with Gasteiger partial charge in [-0.3, -0.25) is 4.79 Å². The summed E-state index contributed by atoms with van der Waals surface area (Å²) in [6.07, 6.45) is 4.56. The molecule has 0 N–H and O–H groups in total. The molecule has 6 heteroatoms. The molecule has 0 saturated carbocycles. The van der Waals surface area contributed by atoms with Crippen molar-refractivity contribution in [2.24, 2.45) is 0 Å². The van der Waals surface area contributed by atoms with Gasteiger partial charge in [0.15, 0.2) is 5.82 Å². The number of ether oxygens (including phenoxy) is 1. The van der Waals surface area contributed by atoms with Gasteiger partial charge in [0.05, 0.1) is 19.1 Å². The SMILES string of the molecule is CCCn1ccnc(N(CCC#N)CCOC)c1=O. The molecule has 0 spiro atoms. The molecule has 6 nitrogen and oxygen atoms in total. The summed E-state index contributed by atoms with van der Waals surface area (Å²) in [6.45, 7) is 4.22. The summed E-state index contributed by atoms with van der Waals surface area (Å²) < 4.78 is 6.68. The van der Waals surface area contributed by atoms with Gasteiger partial charge >= 0.3 is 0 Å². The number of aryl methyl sites for hydroxylation is 1. The quantitative estimate of drug-likeness (QED) is 0.701. The molecule has 1 rings (SSSR count). The van der Waals surface area contributed by atoms with Crippen molar-refractivity contribution in [3.63, 3.8) is 0 Å². The minimum absolute atomic E-state index is 0.113. The van der Waals surface area contributed by atoms with E-state index in [9.17, 15) is 4.79 Å². The van der Waals surface area contributed by atoms with E-state index in [1.165, 1.54) is 0 Å². The van der Waals surface area contributed by atoms with Crippen LogP contribution in [0.2, 0.25) is 0 Å². The number of hydrogen-bond donors (Lipinski definition) is 0. The highest BCUT2D eigenvalue weighted by Gasteiger charge is 2.13. The van der Waals surface area contributed by atoms with E-state index in [-0.39, 0.29) is 5.56 Å². The van der Waals surface area contributed by atoms with Gasteiger partial charge in [0, 0.05) is 39.1 Å². The van der Waals surface area contributed by atoms with Gasteiger partial charge in [0.2, 0.25) is 0 Å². The summed E-state index contributed by atoms with van der Waals surface area (Å²) in [6, 6.07) is 2.08. The number of methoxy groups -OCH3 is 1. The third kappa shape index (κ3) is 4.38. The largest absolute Gasteiger partial charge is 0.383 e. The fourth-order valence-corrected chi connectivity index (χ4v) is 1.78. The van der Waals surface area contributed by atoms with Crippen molar-refractivity contribution in [2.45, 2.75) is 26.3 Å². The van der Waals surface area contributed by atoms with Gasteiger partial charge < -0.3 is 14.2 Å². The molecule has 0 aliphatic carbocycles. The Kier molecular flexibility index (Phi) is 6.61. The topological polar surface area (TPSA) is 71.2 Å². The molecule has 0 aliphatic rings. The van der Waals surface area contributed by atoms with Gasteiger partial charge in [-0.1, -0.05) is 6.92 Å². The molecule has 19 heavy (non-hydrogen) atoms. The molecule has 0 saturated heterocycles. The van der Waals surface area contributed by atoms with Crippen molar-refractivity contribution in [1.29, 1.82) is 5.26 Å². The Balaban J connectivity index is 2.97. The average molecular weight is 264 g/mol. The molecular formula is C13H20N4O2. The third-order valence-electron chi connectivity index (χ3n) is 2.72. The zero-order valence-corrected chi connectivity index (χ0v) is 11.5. The maximum absolute atomic E-state index is 12.3. The molecule has 0 aliphatic heterocycles. The van der Waals surface area contributed by atoms with Crippen molar-refractivity contribution < 1.29 is 4.74 Å². The molecule has 0 aromatic carbocycles. The molecule has 0 radical (unpaired) electrons. The Morgan fingerprint density at radius 2 is 2.32 bits per heavy atom. The first kappa shape index (κ1) is 15.2. The maximum atomic E-state index is 12.3. The standard InChI is InChI=1S/C13H20N4O2/c1-3-7-17-9-6-15-12(13(17)18)16(8-4-5-14)10-11-19-2/h6,9H,3-4,7-8,10-11H2,1-2H3. The number of rotatable bonds is 8. The van der Waals surface area contributed by atoms with E-state index in [4.69, 9.17) is 10.00 Å². The number of anilines is 1. The number of hydrogen-bond acceptors (Lipinski definition) is 5. The molecule has 1 aromatic heterocycles. The first-order chi connectivity index (χ1) is 9.24. The number of aromatic nitrogens is 2. The van der Waals surface area contributed by atoms with Crippen LogP contribution in [0.15, 0.2) is 17.2 Å². The summed E-state index contributed by atoms with van der Waals surface area (Å²) >= 11 is 0. The minimum Gasteiger partial charge on any atom is -0.383 e. The van der Waals surface area contributed by atoms with Crippen molar-refractivity contribution in [3.8, 4) is 6.07 Å². The van der Waals surface area contributed by atoms with Gasteiger partial charge in [0.1, 0.15) is 0 Å². The first-order valence-electron chi connectivity index (χ1n) is 6.40. The van der Waals surface area contributed by atoms with Crippen molar-refractivity contribution in [3.05, 3.63) is 22.7 Å².